The molecule has 1 aromatic carbocycles. The van der Waals surface area contributed by atoms with Crippen LogP contribution in [-0.4, -0.2) is 68.8 Å². The summed E-state index contributed by atoms with van der Waals surface area (Å²) < 4.78 is 40.2. The lowest BCUT2D eigenvalue weighted by atomic mass is 9.79. The van der Waals surface area contributed by atoms with Gasteiger partial charge in [-0.25, -0.2) is 17.6 Å². The van der Waals surface area contributed by atoms with E-state index in [4.69, 9.17) is 0 Å². The highest BCUT2D eigenvalue weighted by atomic mass is 32.2. The number of urea groups is 1. The number of halogens is 1. The fourth-order valence-electron chi connectivity index (χ4n) is 3.84. The third-order valence-electron chi connectivity index (χ3n) is 5.17. The molecule has 1 aromatic rings. The average Bonchev–Trinajstić information content (AvgIpc) is 2.98. The summed E-state index contributed by atoms with van der Waals surface area (Å²) in [7, 11) is -0.181. The van der Waals surface area contributed by atoms with Gasteiger partial charge in [0.2, 0.25) is 10.0 Å². The highest BCUT2D eigenvalue weighted by molar-refractivity contribution is 7.89. The molecule has 2 aliphatic heterocycles. The van der Waals surface area contributed by atoms with Gasteiger partial charge in [0.15, 0.2) is 0 Å². The zero-order valence-electron chi connectivity index (χ0n) is 14.6. The summed E-state index contributed by atoms with van der Waals surface area (Å²) in [6.07, 6.45) is 2.54. The van der Waals surface area contributed by atoms with Crippen molar-refractivity contribution in [2.45, 2.75) is 24.2 Å². The number of nitrogens with zero attached hydrogens (tertiary/aromatic N) is 3. The van der Waals surface area contributed by atoms with E-state index in [0.717, 1.165) is 31.4 Å². The topological polar surface area (TPSA) is 60.9 Å². The number of benzene rings is 1. The Labute approximate surface area is 148 Å². The molecule has 0 aliphatic carbocycles. The lowest BCUT2D eigenvalue weighted by Crippen LogP contribution is -2.50. The highest BCUT2D eigenvalue weighted by Crippen LogP contribution is 2.41. The minimum Gasteiger partial charge on any atom is -0.331 e. The van der Waals surface area contributed by atoms with Crippen LogP contribution in [-0.2, 0) is 10.0 Å². The van der Waals surface area contributed by atoms with Gasteiger partial charge in [0.25, 0.3) is 0 Å². The van der Waals surface area contributed by atoms with Crippen LogP contribution in [0.4, 0.5) is 9.18 Å². The molecule has 0 aromatic heterocycles. The molecule has 2 heterocycles. The molecule has 0 bridgehead atoms. The van der Waals surface area contributed by atoms with Crippen molar-refractivity contribution in [2.24, 2.45) is 5.41 Å². The zero-order chi connectivity index (χ0) is 18.2. The van der Waals surface area contributed by atoms with Gasteiger partial charge in [-0.2, -0.15) is 4.31 Å². The summed E-state index contributed by atoms with van der Waals surface area (Å²) in [5.41, 5.74) is -0.184. The van der Waals surface area contributed by atoms with Crippen LogP contribution in [0.3, 0.4) is 0 Å². The second-order valence-corrected chi connectivity index (χ2v) is 9.18. The van der Waals surface area contributed by atoms with Crippen molar-refractivity contribution in [1.82, 2.24) is 14.1 Å². The van der Waals surface area contributed by atoms with E-state index in [0.29, 0.717) is 26.2 Å². The van der Waals surface area contributed by atoms with Crippen molar-refractivity contribution in [3.05, 3.63) is 30.1 Å². The Hall–Kier alpha value is -1.67. The van der Waals surface area contributed by atoms with Gasteiger partial charge in [-0.3, -0.25) is 0 Å². The third-order valence-corrected chi connectivity index (χ3v) is 7.03. The standard InChI is InChI=1S/C17H24FN3O3S/c1-19(2)16(22)20-10-3-8-17(12-20)9-11-21(13-17)25(23,24)15-6-4-14(18)5-7-15/h4-7H,3,8-13H2,1-2H3. The van der Waals surface area contributed by atoms with Crippen LogP contribution in [0.1, 0.15) is 19.3 Å². The number of rotatable bonds is 2. The van der Waals surface area contributed by atoms with E-state index >= 15 is 0 Å². The van der Waals surface area contributed by atoms with Gasteiger partial charge >= 0.3 is 6.03 Å². The largest absolute Gasteiger partial charge is 0.331 e. The van der Waals surface area contributed by atoms with Crippen LogP contribution >= 0.6 is 0 Å². The minimum atomic E-state index is -3.63. The molecule has 2 saturated heterocycles. The summed E-state index contributed by atoms with van der Waals surface area (Å²) in [5, 5.41) is 0. The number of carbonyl (C=O) groups excluding carboxylic acids is 1. The molecule has 6 nitrogen and oxygen atoms in total. The van der Waals surface area contributed by atoms with E-state index in [1.54, 1.807) is 19.0 Å². The van der Waals surface area contributed by atoms with Crippen LogP contribution in [0.2, 0.25) is 0 Å². The molecule has 1 spiro atoms. The second kappa shape index (κ2) is 6.57. The lowest BCUT2D eigenvalue weighted by Gasteiger charge is -2.41. The Morgan fingerprint density at radius 1 is 1.12 bits per heavy atom. The van der Waals surface area contributed by atoms with Gasteiger partial charge in [-0.05, 0) is 43.5 Å². The first kappa shape index (κ1) is 18.1. The van der Waals surface area contributed by atoms with Gasteiger partial charge in [0.1, 0.15) is 5.82 Å². The van der Waals surface area contributed by atoms with Gasteiger partial charge in [-0.15, -0.1) is 0 Å². The minimum absolute atomic E-state index is 0.0288. The average molecular weight is 369 g/mol. The Morgan fingerprint density at radius 2 is 1.80 bits per heavy atom. The SMILES string of the molecule is CN(C)C(=O)N1CCCC2(CCN(S(=O)(=O)c3ccc(F)cc3)C2)C1. The molecule has 8 heteroatoms. The molecule has 0 N–H and O–H groups in total. The molecule has 2 amide bonds. The molecule has 0 saturated carbocycles. The highest BCUT2D eigenvalue weighted by Gasteiger charge is 2.46. The molecule has 1 unspecified atom stereocenters. The molecule has 1 atom stereocenters. The first-order chi connectivity index (χ1) is 11.7. The quantitative estimate of drug-likeness (QED) is 0.801. The predicted octanol–water partition coefficient (Wildman–Crippen LogP) is 1.98. The molecule has 138 valence electrons. The second-order valence-electron chi connectivity index (χ2n) is 7.24. The first-order valence-electron chi connectivity index (χ1n) is 8.46. The number of hydrogen-bond acceptors (Lipinski definition) is 3. The molecule has 25 heavy (non-hydrogen) atoms. The number of amides is 2. The van der Waals surface area contributed by atoms with Crippen LogP contribution < -0.4 is 0 Å². The van der Waals surface area contributed by atoms with E-state index in [-0.39, 0.29) is 16.3 Å². The van der Waals surface area contributed by atoms with Crippen molar-refractivity contribution in [1.29, 1.82) is 0 Å². The van der Waals surface area contributed by atoms with Gasteiger partial charge in [0.05, 0.1) is 4.90 Å². The fraction of sp³-hybridized carbons (Fsp3) is 0.588. The fourth-order valence-corrected chi connectivity index (χ4v) is 5.40. The monoisotopic (exact) mass is 369 g/mol. The van der Waals surface area contributed by atoms with Crippen molar-refractivity contribution in [3.8, 4) is 0 Å². The molecular formula is C17H24FN3O3S. The maximum Gasteiger partial charge on any atom is 0.319 e. The molecular weight excluding hydrogens is 345 g/mol. The zero-order valence-corrected chi connectivity index (χ0v) is 15.4. The van der Waals surface area contributed by atoms with Gasteiger partial charge in [0, 0.05) is 45.7 Å². The van der Waals surface area contributed by atoms with Crippen molar-refractivity contribution >= 4 is 16.1 Å². The van der Waals surface area contributed by atoms with Crippen LogP contribution in [0.5, 0.6) is 0 Å². The van der Waals surface area contributed by atoms with Gasteiger partial charge in [-0.1, -0.05) is 0 Å². The first-order valence-corrected chi connectivity index (χ1v) is 9.90. The van der Waals surface area contributed by atoms with Crippen molar-refractivity contribution in [3.63, 3.8) is 0 Å². The smallest absolute Gasteiger partial charge is 0.319 e. The summed E-state index contributed by atoms with van der Waals surface area (Å²) in [5.74, 6) is -0.457. The molecule has 2 aliphatic rings. The van der Waals surface area contributed by atoms with Crippen LogP contribution in [0.25, 0.3) is 0 Å². The molecule has 2 fully saturated rings. The van der Waals surface area contributed by atoms with E-state index in [1.807, 2.05) is 4.90 Å². The van der Waals surface area contributed by atoms with Crippen molar-refractivity contribution < 1.29 is 17.6 Å². The third kappa shape index (κ3) is 3.50. The van der Waals surface area contributed by atoms with Crippen LogP contribution in [0, 0.1) is 11.2 Å². The summed E-state index contributed by atoms with van der Waals surface area (Å²) >= 11 is 0. The van der Waals surface area contributed by atoms with E-state index < -0.39 is 15.8 Å². The van der Waals surface area contributed by atoms with E-state index in [9.17, 15) is 17.6 Å². The maximum atomic E-state index is 13.1. The normalized spacial score (nSPS) is 24.7. The van der Waals surface area contributed by atoms with E-state index in [2.05, 4.69) is 0 Å². The van der Waals surface area contributed by atoms with Crippen molar-refractivity contribution in [2.75, 3.05) is 40.3 Å². The molecule has 3 rings (SSSR count). The number of hydrogen-bond donors (Lipinski definition) is 0. The summed E-state index contributed by atoms with van der Waals surface area (Å²) in [4.78, 5) is 15.7. The lowest BCUT2D eigenvalue weighted by molar-refractivity contribution is 0.100. The van der Waals surface area contributed by atoms with Gasteiger partial charge < -0.3 is 9.80 Å². The van der Waals surface area contributed by atoms with Crippen LogP contribution in [0.15, 0.2) is 29.2 Å². The number of likely N-dealkylation sites (tertiary alicyclic amines) is 1. The molecule has 0 radical (unpaired) electrons. The van der Waals surface area contributed by atoms with E-state index in [1.165, 1.54) is 16.4 Å². The number of piperidine rings is 1. The summed E-state index contributed by atoms with van der Waals surface area (Å²) in [6.45, 7) is 2.14. The Kier molecular flexibility index (Phi) is 4.76. The predicted molar refractivity (Wildman–Crippen MR) is 92.1 cm³/mol. The summed E-state index contributed by atoms with van der Waals surface area (Å²) in [6, 6.07) is 4.91. The number of carbonyl (C=O) groups is 1. The Morgan fingerprint density at radius 3 is 2.44 bits per heavy atom. The Balaban J connectivity index is 1.76. The Bertz CT molecular complexity index is 751. The number of sulfonamides is 1. The maximum absolute atomic E-state index is 13.1.